The molecule has 0 aliphatic carbocycles. The number of aryl methyl sites for hydroxylation is 2. The number of halogens is 2. The van der Waals surface area contributed by atoms with Gasteiger partial charge in [-0.1, -0.05) is 18.2 Å². The van der Waals surface area contributed by atoms with E-state index in [4.69, 9.17) is 9.57 Å². The summed E-state index contributed by atoms with van der Waals surface area (Å²) in [5.74, 6) is -2.53. The Morgan fingerprint density at radius 2 is 1.73 bits per heavy atom. The highest BCUT2D eigenvalue weighted by molar-refractivity contribution is 7.94. The van der Waals surface area contributed by atoms with E-state index >= 15 is 8.63 Å². The van der Waals surface area contributed by atoms with Gasteiger partial charge in [-0.05, 0) is 87.1 Å². The van der Waals surface area contributed by atoms with Gasteiger partial charge in [0.2, 0.25) is 11.8 Å². The van der Waals surface area contributed by atoms with E-state index in [0.717, 1.165) is 44.3 Å². The van der Waals surface area contributed by atoms with Gasteiger partial charge in [0.1, 0.15) is 17.5 Å². The number of unbranched alkanes of at least 4 members (excludes halogenated alkanes) is 1. The summed E-state index contributed by atoms with van der Waals surface area (Å²) in [7, 11) is 6.37. The summed E-state index contributed by atoms with van der Waals surface area (Å²) in [6.45, 7) is 0.706. The SMILES string of the molecule is Cc1ccc(C2=[N+]3C(=Cc4c(C)cc(/C=C/c5ccc(OCCCC(=O)NC(CSOO[O-])C(=O)NCCCCC(=O)ON6C(=O)CCC6=O)cc5)n4[B-]3(F)F)C(CCC[N+](C)(C)C)=C2)[nH]1. The molecule has 6 rings (SSSR count). The Bertz CT molecular complexity index is 2410. The van der Waals surface area contributed by atoms with E-state index in [2.05, 4.69) is 46.1 Å². The standard InChI is InChI=1S/C45H56BF2N7O10S/c1-30-26-34(52-38(30)28-39-33(10-8-24-55(3,4)5)27-40(53(39)46(52,47)48)36-20-13-31(2)50-36)17-14-32-15-18-35(19-16-32)62-25-9-11-41(56)51-37(29-66-65-64-61)45(60)49-23-7-6-12-44(59)63-54-42(57)21-22-43(54)58/h13-20,26-28,37,50H,6-12,21-25,29H2,1-5H3,(H2-,49,51,56,60,61)/b17-14+. The molecule has 0 spiro atoms. The lowest BCUT2D eigenvalue weighted by atomic mass is 9.88. The first-order valence-corrected chi connectivity index (χ1v) is 22.8. The zero-order valence-corrected chi connectivity index (χ0v) is 38.5. The minimum Gasteiger partial charge on any atom is -0.691 e. The van der Waals surface area contributed by atoms with E-state index in [9.17, 15) is 29.2 Å². The summed E-state index contributed by atoms with van der Waals surface area (Å²) in [6.07, 6.45) is 9.65. The lowest BCUT2D eigenvalue weighted by Gasteiger charge is -2.31. The van der Waals surface area contributed by atoms with Crippen LogP contribution in [0.5, 0.6) is 5.75 Å². The second-order valence-electron chi connectivity index (χ2n) is 17.4. The first kappa shape index (κ1) is 49.6. The molecular formula is C45H56BF2N7O10S. The van der Waals surface area contributed by atoms with Crippen LogP contribution in [0.1, 0.15) is 91.7 Å². The smallest absolute Gasteiger partial charge is 0.691 e. The van der Waals surface area contributed by atoms with Gasteiger partial charge in [0.15, 0.2) is 11.4 Å². The summed E-state index contributed by atoms with van der Waals surface area (Å²) in [5.41, 5.74) is 5.79. The number of fused-ring (bicyclic) bond motifs is 2. The zero-order valence-electron chi connectivity index (χ0n) is 37.7. The zero-order chi connectivity index (χ0) is 47.6. The fraction of sp³-hybridized carbons (Fsp3) is 0.422. The number of quaternary nitrogens is 1. The summed E-state index contributed by atoms with van der Waals surface area (Å²) in [5, 5.41) is 19.3. The van der Waals surface area contributed by atoms with Crippen molar-refractivity contribution in [3.05, 3.63) is 93.7 Å². The summed E-state index contributed by atoms with van der Waals surface area (Å²) in [6, 6.07) is 11.5. The van der Waals surface area contributed by atoms with Gasteiger partial charge in [-0.15, -0.1) is 5.06 Å². The van der Waals surface area contributed by atoms with Crippen LogP contribution in [0, 0.1) is 13.8 Å². The highest BCUT2D eigenvalue weighted by Crippen LogP contribution is 2.39. The molecule has 17 nitrogen and oxygen atoms in total. The monoisotopic (exact) mass is 935 g/mol. The lowest BCUT2D eigenvalue weighted by molar-refractivity contribution is -0.870. The number of hydrogen-bond donors (Lipinski definition) is 3. The Morgan fingerprint density at radius 1 is 0.985 bits per heavy atom. The number of hydroxylamine groups is 2. The Kier molecular flexibility index (Phi) is 16.6. The third kappa shape index (κ3) is 12.7. The van der Waals surface area contributed by atoms with Crippen LogP contribution in [-0.2, 0) is 38.2 Å². The first-order valence-electron chi connectivity index (χ1n) is 21.9. The molecule has 0 saturated carbocycles. The lowest BCUT2D eigenvalue weighted by Crippen LogP contribution is -2.51. The quantitative estimate of drug-likeness (QED) is 0.0217. The average Bonchev–Trinajstić information content (AvgIpc) is 4.03. The molecule has 21 heteroatoms. The molecule has 5 heterocycles. The third-order valence-corrected chi connectivity index (χ3v) is 11.8. The minimum atomic E-state index is -4.28. The van der Waals surface area contributed by atoms with Crippen molar-refractivity contribution in [2.45, 2.75) is 77.7 Å². The maximum Gasteiger partial charge on any atom is 0.737 e. The molecule has 3 aliphatic rings. The topological polar surface area (TPSA) is 196 Å². The van der Waals surface area contributed by atoms with E-state index in [1.165, 1.54) is 4.49 Å². The fourth-order valence-corrected chi connectivity index (χ4v) is 8.34. The second kappa shape index (κ2) is 22.1. The molecule has 3 aliphatic heterocycles. The van der Waals surface area contributed by atoms with Crippen LogP contribution >= 0.6 is 12.0 Å². The van der Waals surface area contributed by atoms with Crippen LogP contribution < -0.4 is 20.6 Å². The Hall–Kier alpha value is -5.87. The van der Waals surface area contributed by atoms with Crippen molar-refractivity contribution < 1.29 is 65.8 Å². The van der Waals surface area contributed by atoms with Crippen molar-refractivity contribution in [3.8, 4) is 5.75 Å². The maximum atomic E-state index is 17.0. The van der Waals surface area contributed by atoms with Crippen LogP contribution in [0.4, 0.5) is 8.63 Å². The van der Waals surface area contributed by atoms with Gasteiger partial charge in [0.25, 0.3) is 11.8 Å². The number of aromatic amines is 1. The van der Waals surface area contributed by atoms with Gasteiger partial charge < -0.3 is 52.5 Å². The Balaban J connectivity index is 0.992. The number of rotatable bonds is 24. The number of nitrogens with one attached hydrogen (secondary N) is 3. The maximum absolute atomic E-state index is 17.0. The molecule has 3 aromatic rings. The van der Waals surface area contributed by atoms with Gasteiger partial charge in [0.05, 0.1) is 40.0 Å². The second-order valence-corrected chi connectivity index (χ2v) is 18.1. The molecule has 1 fully saturated rings. The molecule has 1 unspecified atom stereocenters. The highest BCUT2D eigenvalue weighted by Gasteiger charge is 2.54. The number of amides is 4. The van der Waals surface area contributed by atoms with Gasteiger partial charge in [-0.25, -0.2) is 4.79 Å². The van der Waals surface area contributed by atoms with Crippen molar-refractivity contribution in [1.82, 2.24) is 25.2 Å². The normalized spacial score (nSPS) is 16.0. The number of hydrogen-bond acceptors (Lipinski definition) is 11. The number of imide groups is 1. The van der Waals surface area contributed by atoms with Crippen molar-refractivity contribution in [1.29, 1.82) is 0 Å². The number of H-pyrrole nitrogens is 1. The molecule has 3 N–H and O–H groups in total. The Labute approximate surface area is 386 Å². The molecule has 0 radical (unpaired) electrons. The van der Waals surface area contributed by atoms with Crippen molar-refractivity contribution >= 4 is 72.6 Å². The van der Waals surface area contributed by atoms with Crippen molar-refractivity contribution in [2.24, 2.45) is 0 Å². The predicted octanol–water partition coefficient (Wildman–Crippen LogP) is 4.52. The number of aromatic nitrogens is 2. The molecule has 4 amide bonds. The molecule has 1 saturated heterocycles. The summed E-state index contributed by atoms with van der Waals surface area (Å²) >= 11 is 0.533. The number of allylic oxidation sites excluding steroid dienone is 2. The number of benzene rings is 1. The van der Waals surface area contributed by atoms with Crippen molar-refractivity contribution in [3.63, 3.8) is 0 Å². The van der Waals surface area contributed by atoms with Gasteiger partial charge in [0, 0.05) is 85.5 Å². The van der Waals surface area contributed by atoms with Crippen LogP contribution in [0.25, 0.3) is 18.2 Å². The van der Waals surface area contributed by atoms with Crippen LogP contribution in [0.15, 0.2) is 59.8 Å². The number of nitrogens with zero attached hydrogens (tertiary/aromatic N) is 4. The molecule has 2 aromatic heterocycles. The molecule has 1 atom stereocenters. The van der Waals surface area contributed by atoms with Gasteiger partial charge >= 0.3 is 12.9 Å². The van der Waals surface area contributed by atoms with Crippen LogP contribution in [0.2, 0.25) is 0 Å². The minimum absolute atomic E-state index is 0.0109. The van der Waals surface area contributed by atoms with E-state index in [-0.39, 0.29) is 51.0 Å². The van der Waals surface area contributed by atoms with E-state index in [0.29, 0.717) is 70.6 Å². The molecule has 66 heavy (non-hydrogen) atoms. The number of carbonyl (C=O) groups is 5. The number of ether oxygens (including phenoxy) is 1. The van der Waals surface area contributed by atoms with E-state index in [1.54, 1.807) is 42.5 Å². The first-order chi connectivity index (χ1) is 31.4. The van der Waals surface area contributed by atoms with E-state index < -0.39 is 42.6 Å². The van der Waals surface area contributed by atoms with Crippen LogP contribution in [0.3, 0.4) is 0 Å². The predicted molar refractivity (Wildman–Crippen MR) is 241 cm³/mol. The Morgan fingerprint density at radius 3 is 2.41 bits per heavy atom. The third-order valence-electron chi connectivity index (χ3n) is 11.2. The molecule has 1 aromatic carbocycles. The largest absolute Gasteiger partial charge is 0.737 e. The summed E-state index contributed by atoms with van der Waals surface area (Å²) in [4.78, 5) is 68.9. The van der Waals surface area contributed by atoms with E-state index in [1.807, 2.05) is 38.1 Å². The number of carbonyl (C=O) groups excluding carboxylic acids is 5. The molecule has 0 bridgehead atoms. The average molecular weight is 936 g/mol. The fourth-order valence-electron chi connectivity index (χ4n) is 7.87. The van der Waals surface area contributed by atoms with Crippen LogP contribution in [-0.4, -0.2) is 118 Å². The van der Waals surface area contributed by atoms with Gasteiger partial charge in [-0.2, -0.15) is 4.33 Å². The molecular weight excluding hydrogens is 879 g/mol. The molecule has 354 valence electrons. The van der Waals surface area contributed by atoms with Crippen molar-refractivity contribution in [2.75, 3.05) is 46.6 Å². The highest BCUT2D eigenvalue weighted by atomic mass is 32.2. The summed E-state index contributed by atoms with van der Waals surface area (Å²) < 4.78 is 47.3. The van der Waals surface area contributed by atoms with Gasteiger partial charge in [-0.3, -0.25) is 24.2 Å².